The SMILES string of the molecule is C[C@@H]1Cc2cc(O)ccc2[C@@H](c2c(F)cc(N3CCN(C(=O)C4CCC(N5Cc6cc7c(cc6C5)C(=O)N(C5CCC(=O)NC5=O)C7=O)CC4)CC3)cc2F)N1CC(F)F. The van der Waals surface area contributed by atoms with Crippen LogP contribution in [-0.4, -0.2) is 112 Å². The molecule has 3 aromatic rings. The summed E-state index contributed by atoms with van der Waals surface area (Å²) in [6, 6.07) is 8.11. The van der Waals surface area contributed by atoms with Gasteiger partial charge in [0.2, 0.25) is 17.7 Å². The molecule has 5 aliphatic heterocycles. The molecule has 0 aromatic heterocycles. The molecule has 1 aliphatic carbocycles. The number of alkyl halides is 2. The van der Waals surface area contributed by atoms with Gasteiger partial charge in [0.1, 0.15) is 23.4 Å². The highest BCUT2D eigenvalue weighted by Gasteiger charge is 2.46. The lowest BCUT2D eigenvalue weighted by Gasteiger charge is -2.42. The number of aromatic hydroxyl groups is 1. The minimum atomic E-state index is -2.72. The molecule has 60 heavy (non-hydrogen) atoms. The summed E-state index contributed by atoms with van der Waals surface area (Å²) in [7, 11) is 0. The molecule has 0 spiro atoms. The van der Waals surface area contributed by atoms with Gasteiger partial charge in [-0.15, -0.1) is 0 Å². The minimum absolute atomic E-state index is 0.00881. The largest absolute Gasteiger partial charge is 0.508 e. The maximum Gasteiger partial charge on any atom is 0.262 e. The number of hydrogen-bond acceptors (Lipinski definition) is 9. The summed E-state index contributed by atoms with van der Waals surface area (Å²) in [6.07, 6.45) is 0.793. The second kappa shape index (κ2) is 15.6. The monoisotopic (exact) mass is 830 g/mol. The van der Waals surface area contributed by atoms with Crippen LogP contribution in [0, 0.1) is 17.6 Å². The molecule has 3 aromatic carbocycles. The predicted octanol–water partition coefficient (Wildman–Crippen LogP) is 4.90. The molecule has 1 saturated carbocycles. The number of carbonyl (C=O) groups is 5. The van der Waals surface area contributed by atoms with Gasteiger partial charge in [-0.1, -0.05) is 6.07 Å². The number of benzene rings is 3. The van der Waals surface area contributed by atoms with Crippen molar-refractivity contribution in [2.75, 3.05) is 37.6 Å². The highest BCUT2D eigenvalue weighted by Crippen LogP contribution is 2.43. The van der Waals surface area contributed by atoms with Gasteiger partial charge in [0.15, 0.2) is 0 Å². The lowest BCUT2D eigenvalue weighted by Crippen LogP contribution is -2.54. The zero-order valence-corrected chi connectivity index (χ0v) is 33.1. The van der Waals surface area contributed by atoms with Crippen molar-refractivity contribution in [1.29, 1.82) is 0 Å². The Bertz CT molecular complexity index is 2220. The zero-order chi connectivity index (χ0) is 42.1. The number of piperazine rings is 1. The number of carbonyl (C=O) groups excluding carboxylic acids is 5. The molecule has 316 valence electrons. The Morgan fingerprint density at radius 2 is 1.47 bits per heavy atom. The molecule has 1 unspecified atom stereocenters. The van der Waals surface area contributed by atoms with E-state index in [1.165, 1.54) is 29.2 Å². The first-order valence-corrected chi connectivity index (χ1v) is 20.8. The van der Waals surface area contributed by atoms with Gasteiger partial charge >= 0.3 is 0 Å². The highest BCUT2D eigenvalue weighted by atomic mass is 19.3. The van der Waals surface area contributed by atoms with Crippen LogP contribution in [-0.2, 0) is 33.9 Å². The fourth-order valence-electron chi connectivity index (χ4n) is 10.5. The smallest absolute Gasteiger partial charge is 0.262 e. The molecule has 2 N–H and O–H groups in total. The van der Waals surface area contributed by atoms with Crippen LogP contribution in [0.3, 0.4) is 0 Å². The molecule has 3 atom stereocenters. The van der Waals surface area contributed by atoms with Gasteiger partial charge in [-0.3, -0.25) is 44.0 Å². The zero-order valence-electron chi connectivity index (χ0n) is 33.1. The Balaban J connectivity index is 0.799. The number of rotatable bonds is 7. The molecule has 2 saturated heterocycles. The van der Waals surface area contributed by atoms with Gasteiger partial charge in [0.25, 0.3) is 18.2 Å². The van der Waals surface area contributed by atoms with Crippen LogP contribution in [0.5, 0.6) is 5.75 Å². The molecule has 0 bridgehead atoms. The van der Waals surface area contributed by atoms with Gasteiger partial charge in [-0.2, -0.15) is 0 Å². The molecule has 16 heteroatoms. The lowest BCUT2D eigenvalue weighted by molar-refractivity contribution is -0.138. The van der Waals surface area contributed by atoms with Crippen LogP contribution in [0.1, 0.15) is 100 Å². The van der Waals surface area contributed by atoms with E-state index in [-0.39, 0.29) is 53.1 Å². The molecule has 5 amide bonds. The summed E-state index contributed by atoms with van der Waals surface area (Å²) in [5, 5.41) is 12.3. The quantitative estimate of drug-likeness (QED) is 0.252. The highest BCUT2D eigenvalue weighted by molar-refractivity contribution is 6.23. The van der Waals surface area contributed by atoms with Crippen LogP contribution < -0.4 is 10.2 Å². The predicted molar refractivity (Wildman–Crippen MR) is 209 cm³/mol. The van der Waals surface area contributed by atoms with Crippen LogP contribution in [0.15, 0.2) is 42.5 Å². The van der Waals surface area contributed by atoms with E-state index in [1.54, 1.807) is 25.1 Å². The number of piperidine rings is 1. The number of fused-ring (bicyclic) bond motifs is 3. The van der Waals surface area contributed by atoms with Gasteiger partial charge in [0.05, 0.1) is 23.7 Å². The maximum absolute atomic E-state index is 16.1. The van der Waals surface area contributed by atoms with Crippen LogP contribution in [0.2, 0.25) is 0 Å². The van der Waals surface area contributed by atoms with Crippen LogP contribution >= 0.6 is 0 Å². The third-order valence-corrected chi connectivity index (χ3v) is 13.5. The van der Waals surface area contributed by atoms with Crippen LogP contribution in [0.4, 0.5) is 23.2 Å². The Morgan fingerprint density at radius 3 is 2.07 bits per heavy atom. The molecular formula is C44H46F4N6O6. The number of imide groups is 2. The Hall–Kier alpha value is -5.35. The fraction of sp³-hybridized carbons (Fsp3) is 0.477. The van der Waals surface area contributed by atoms with E-state index in [0.717, 1.165) is 28.9 Å². The first-order chi connectivity index (χ1) is 28.7. The van der Waals surface area contributed by atoms with E-state index in [9.17, 15) is 37.9 Å². The van der Waals surface area contributed by atoms with Gasteiger partial charge in [-0.05, 0) is 104 Å². The number of nitrogens with one attached hydrogen (secondary N) is 1. The van der Waals surface area contributed by atoms with E-state index >= 15 is 8.78 Å². The number of phenolic OH excluding ortho intramolecular Hbond substituents is 1. The molecular weight excluding hydrogens is 785 g/mol. The third kappa shape index (κ3) is 7.10. The van der Waals surface area contributed by atoms with Gasteiger partial charge < -0.3 is 14.9 Å². The molecule has 6 aliphatic rings. The van der Waals surface area contributed by atoms with Crippen molar-refractivity contribution < 1.29 is 46.6 Å². The Morgan fingerprint density at radius 1 is 0.833 bits per heavy atom. The van der Waals surface area contributed by atoms with Gasteiger partial charge in [-0.25, -0.2) is 17.6 Å². The summed E-state index contributed by atoms with van der Waals surface area (Å²) in [5.41, 5.74) is 3.58. The third-order valence-electron chi connectivity index (χ3n) is 13.5. The van der Waals surface area contributed by atoms with Crippen molar-refractivity contribution in [1.82, 2.24) is 24.9 Å². The number of amides is 5. The molecule has 3 fully saturated rings. The first kappa shape index (κ1) is 40.1. The van der Waals surface area contributed by atoms with Crippen LogP contribution in [0.25, 0.3) is 0 Å². The van der Waals surface area contributed by atoms with E-state index < -0.39 is 66.4 Å². The lowest BCUT2D eigenvalue weighted by atomic mass is 9.84. The molecule has 5 heterocycles. The standard InChI is InChI=1S/C44H46F4N6O6/c1-23-14-25-15-30(55)6-7-31(25)40(53(23)22-37(47)48)39-34(45)18-29(19-35(39)46)50-10-12-51(13-11-50)42(58)24-2-4-28(5-3-24)52-20-26-16-32-33(17-27(26)21-52)44(60)54(43(32)59)36-8-9-38(56)49-41(36)57/h6-7,15-19,23-24,28,36-37,40,55H,2-5,8-14,20-22H2,1H3,(H,49,56,57)/t23-,24?,28?,36?,40+/m1/s1. The van der Waals surface area contributed by atoms with Crippen molar-refractivity contribution in [3.8, 4) is 5.75 Å². The summed E-state index contributed by atoms with van der Waals surface area (Å²) in [5.74, 6) is -3.90. The number of phenols is 1. The number of halogens is 4. The normalized spacial score (nSPS) is 26.1. The number of hydrogen-bond donors (Lipinski definition) is 2. The van der Waals surface area contributed by atoms with Crippen molar-refractivity contribution in [2.24, 2.45) is 5.92 Å². The Kier molecular flexibility index (Phi) is 10.4. The molecule has 12 nitrogen and oxygen atoms in total. The van der Waals surface area contributed by atoms with Crippen molar-refractivity contribution in [3.05, 3.63) is 93.0 Å². The Labute approximate surface area is 344 Å². The minimum Gasteiger partial charge on any atom is -0.508 e. The molecule has 9 rings (SSSR count). The number of nitrogens with zero attached hydrogens (tertiary/aromatic N) is 5. The second-order valence-electron chi connectivity index (χ2n) is 17.1. The van der Waals surface area contributed by atoms with Crippen molar-refractivity contribution in [2.45, 2.75) is 95.6 Å². The van der Waals surface area contributed by atoms with E-state index in [1.807, 2.05) is 9.80 Å². The van der Waals surface area contributed by atoms with E-state index in [4.69, 9.17) is 0 Å². The summed E-state index contributed by atoms with van der Waals surface area (Å²) >= 11 is 0. The summed E-state index contributed by atoms with van der Waals surface area (Å²) < 4.78 is 59.6. The van der Waals surface area contributed by atoms with Crippen molar-refractivity contribution in [3.63, 3.8) is 0 Å². The van der Waals surface area contributed by atoms with Gasteiger partial charge in [0, 0.05) is 74.9 Å². The maximum atomic E-state index is 16.1. The van der Waals surface area contributed by atoms with E-state index in [0.29, 0.717) is 75.3 Å². The number of anilines is 1. The van der Waals surface area contributed by atoms with E-state index in [2.05, 4.69) is 10.2 Å². The molecule has 0 radical (unpaired) electrons. The topological polar surface area (TPSA) is 134 Å². The van der Waals surface area contributed by atoms with Crippen molar-refractivity contribution >= 4 is 35.2 Å². The average molecular weight is 831 g/mol. The average Bonchev–Trinajstić information content (AvgIpc) is 3.74. The second-order valence-corrected chi connectivity index (χ2v) is 17.1. The fourth-order valence-corrected chi connectivity index (χ4v) is 10.5. The summed E-state index contributed by atoms with van der Waals surface area (Å²) in [6.45, 7) is 3.76. The summed E-state index contributed by atoms with van der Waals surface area (Å²) in [4.78, 5) is 72.9. The first-order valence-electron chi connectivity index (χ1n) is 20.8.